The standard InChI is InChI=1S/C23H26N2O5S.ClH/c1-15-3-4-19(28-2)22(11-15)31(26,27)24-18-12-17-7-10-29-23(17)20(13-18)30-21-14-25-8-5-16(21)6-9-25;/h3-4,7,10-13,16,21,24H,5-6,8-9,14H2,1-2H3;1H. The first-order chi connectivity index (χ1) is 14.9. The second-order valence-corrected chi connectivity index (χ2v) is 10.0. The van der Waals surface area contributed by atoms with E-state index in [-0.39, 0.29) is 23.4 Å². The molecular weight excluding hydrogens is 452 g/mol. The third-order valence-electron chi connectivity index (χ3n) is 6.25. The van der Waals surface area contributed by atoms with E-state index in [1.54, 1.807) is 30.5 Å². The smallest absolute Gasteiger partial charge is 0.265 e. The number of aryl methyl sites for hydroxylation is 1. The summed E-state index contributed by atoms with van der Waals surface area (Å²) < 4.78 is 46.3. The molecule has 6 rings (SSSR count). The maximum absolute atomic E-state index is 13.2. The maximum atomic E-state index is 13.2. The third kappa shape index (κ3) is 4.27. The average Bonchev–Trinajstić information content (AvgIpc) is 3.23. The van der Waals surface area contributed by atoms with Crippen molar-refractivity contribution in [2.75, 3.05) is 31.5 Å². The van der Waals surface area contributed by atoms with E-state index in [2.05, 4.69) is 9.62 Å². The number of nitrogens with one attached hydrogen (secondary N) is 1. The number of sulfonamides is 1. The van der Waals surface area contributed by atoms with Gasteiger partial charge in [-0.1, -0.05) is 6.07 Å². The van der Waals surface area contributed by atoms with Gasteiger partial charge in [-0.3, -0.25) is 9.62 Å². The number of hydrogen-bond acceptors (Lipinski definition) is 6. The van der Waals surface area contributed by atoms with Crippen molar-refractivity contribution in [1.29, 1.82) is 0 Å². The van der Waals surface area contributed by atoms with Crippen LogP contribution in [0, 0.1) is 12.8 Å². The van der Waals surface area contributed by atoms with Gasteiger partial charge in [0, 0.05) is 18.0 Å². The van der Waals surface area contributed by atoms with E-state index < -0.39 is 10.0 Å². The van der Waals surface area contributed by atoms with Crippen LogP contribution in [0.15, 0.2) is 52.0 Å². The molecule has 4 heterocycles. The number of furan rings is 1. The molecule has 3 aromatic rings. The lowest BCUT2D eigenvalue weighted by Gasteiger charge is -2.44. The summed E-state index contributed by atoms with van der Waals surface area (Å²) in [5.74, 6) is 1.38. The summed E-state index contributed by atoms with van der Waals surface area (Å²) in [6, 6.07) is 10.3. The number of ether oxygens (including phenoxy) is 2. The number of nitrogens with zero attached hydrogens (tertiary/aromatic N) is 1. The van der Waals surface area contributed by atoms with Gasteiger partial charge in [0.2, 0.25) is 0 Å². The molecule has 3 fully saturated rings. The fourth-order valence-corrected chi connectivity index (χ4v) is 5.90. The SMILES string of the molecule is COc1ccc(C)cc1S(=O)(=O)Nc1cc(OC2CN3CCC2CC3)c2occc2c1.Cl. The Morgan fingerprint density at radius 1 is 1.09 bits per heavy atom. The molecule has 0 spiro atoms. The lowest BCUT2D eigenvalue weighted by Crippen LogP contribution is -2.52. The summed E-state index contributed by atoms with van der Waals surface area (Å²) in [4.78, 5) is 2.52. The second-order valence-electron chi connectivity index (χ2n) is 8.37. The van der Waals surface area contributed by atoms with Gasteiger partial charge >= 0.3 is 0 Å². The fourth-order valence-electron chi connectivity index (χ4n) is 4.61. The minimum absolute atomic E-state index is 0. The zero-order valence-electron chi connectivity index (χ0n) is 18.0. The van der Waals surface area contributed by atoms with Crippen LogP contribution in [-0.2, 0) is 10.0 Å². The predicted molar refractivity (Wildman–Crippen MR) is 126 cm³/mol. The summed E-state index contributed by atoms with van der Waals surface area (Å²) in [5.41, 5.74) is 1.89. The van der Waals surface area contributed by atoms with E-state index in [4.69, 9.17) is 13.9 Å². The Bertz CT molecular complexity index is 1220. The Hall–Kier alpha value is -2.42. The number of anilines is 1. The van der Waals surface area contributed by atoms with E-state index in [9.17, 15) is 8.42 Å². The predicted octanol–water partition coefficient (Wildman–Crippen LogP) is 4.45. The van der Waals surface area contributed by atoms with Gasteiger partial charge in [-0.15, -0.1) is 12.4 Å². The Kier molecular flexibility index (Phi) is 6.29. The van der Waals surface area contributed by atoms with Crippen molar-refractivity contribution in [1.82, 2.24) is 4.90 Å². The Balaban J connectivity index is 0.00000245. The maximum Gasteiger partial charge on any atom is 0.265 e. The number of benzene rings is 2. The van der Waals surface area contributed by atoms with Crippen molar-refractivity contribution in [2.24, 2.45) is 5.92 Å². The highest BCUT2D eigenvalue weighted by atomic mass is 35.5. The van der Waals surface area contributed by atoms with Crippen LogP contribution in [0.3, 0.4) is 0 Å². The number of fused-ring (bicyclic) bond motifs is 4. The quantitative estimate of drug-likeness (QED) is 0.564. The van der Waals surface area contributed by atoms with Gasteiger partial charge in [-0.25, -0.2) is 8.42 Å². The van der Waals surface area contributed by atoms with Crippen LogP contribution in [0.5, 0.6) is 11.5 Å². The minimum atomic E-state index is -3.86. The van der Waals surface area contributed by atoms with Gasteiger partial charge in [-0.2, -0.15) is 0 Å². The van der Waals surface area contributed by atoms with Crippen LogP contribution < -0.4 is 14.2 Å². The highest BCUT2D eigenvalue weighted by Crippen LogP contribution is 2.37. The fraction of sp³-hybridized carbons (Fsp3) is 0.391. The van der Waals surface area contributed by atoms with Gasteiger partial charge < -0.3 is 13.9 Å². The van der Waals surface area contributed by atoms with Crippen molar-refractivity contribution < 1.29 is 22.3 Å². The molecule has 0 saturated carbocycles. The molecule has 1 N–H and O–H groups in total. The summed E-state index contributed by atoms with van der Waals surface area (Å²) in [6.07, 6.45) is 3.94. The van der Waals surface area contributed by atoms with E-state index in [0.717, 1.165) is 43.4 Å². The van der Waals surface area contributed by atoms with Crippen molar-refractivity contribution in [3.63, 3.8) is 0 Å². The van der Waals surface area contributed by atoms with E-state index >= 15 is 0 Å². The van der Waals surface area contributed by atoms with Gasteiger partial charge in [0.25, 0.3) is 10.0 Å². The van der Waals surface area contributed by atoms with Gasteiger partial charge in [0.05, 0.1) is 19.1 Å². The minimum Gasteiger partial charge on any atom is -0.495 e. The molecule has 0 amide bonds. The zero-order valence-corrected chi connectivity index (χ0v) is 19.7. The Morgan fingerprint density at radius 3 is 2.56 bits per heavy atom. The van der Waals surface area contributed by atoms with Gasteiger partial charge in [0.15, 0.2) is 11.3 Å². The monoisotopic (exact) mass is 478 g/mol. The van der Waals surface area contributed by atoms with Crippen LogP contribution in [0.2, 0.25) is 0 Å². The molecule has 2 aromatic carbocycles. The molecule has 1 aromatic heterocycles. The number of hydrogen-bond donors (Lipinski definition) is 1. The molecule has 0 aliphatic carbocycles. The summed E-state index contributed by atoms with van der Waals surface area (Å²) >= 11 is 0. The largest absolute Gasteiger partial charge is 0.495 e. The molecule has 0 radical (unpaired) electrons. The van der Waals surface area contributed by atoms with Gasteiger partial charge in [0.1, 0.15) is 16.7 Å². The lowest BCUT2D eigenvalue weighted by molar-refractivity contribution is -0.00741. The van der Waals surface area contributed by atoms with Crippen molar-refractivity contribution in [3.8, 4) is 11.5 Å². The average molecular weight is 479 g/mol. The number of piperidine rings is 3. The highest BCUT2D eigenvalue weighted by molar-refractivity contribution is 7.92. The first kappa shape index (κ1) is 22.8. The molecule has 3 saturated heterocycles. The summed E-state index contributed by atoms with van der Waals surface area (Å²) in [5, 5.41) is 0.785. The van der Waals surface area contributed by atoms with Crippen LogP contribution in [0.4, 0.5) is 5.69 Å². The number of rotatable bonds is 6. The molecular formula is C23H27ClN2O5S. The first-order valence-electron chi connectivity index (χ1n) is 10.5. The summed E-state index contributed by atoms with van der Waals surface area (Å²) in [6.45, 7) is 4.98. The molecule has 1 unspecified atom stereocenters. The Morgan fingerprint density at radius 2 is 1.88 bits per heavy atom. The molecule has 3 aliphatic heterocycles. The zero-order chi connectivity index (χ0) is 21.6. The number of methoxy groups -OCH3 is 1. The van der Waals surface area contributed by atoms with E-state index in [1.165, 1.54) is 7.11 Å². The van der Waals surface area contributed by atoms with Crippen LogP contribution in [0.25, 0.3) is 11.0 Å². The first-order valence-corrected chi connectivity index (χ1v) is 12.0. The third-order valence-corrected chi connectivity index (χ3v) is 7.65. The lowest BCUT2D eigenvalue weighted by atomic mass is 9.86. The molecule has 9 heteroatoms. The molecule has 1 atom stereocenters. The van der Waals surface area contributed by atoms with Crippen molar-refractivity contribution in [2.45, 2.75) is 30.8 Å². The van der Waals surface area contributed by atoms with E-state index in [1.807, 2.05) is 19.1 Å². The van der Waals surface area contributed by atoms with Crippen LogP contribution in [-0.4, -0.2) is 46.2 Å². The van der Waals surface area contributed by atoms with Gasteiger partial charge in [-0.05, 0) is 68.6 Å². The molecule has 3 aliphatic rings. The van der Waals surface area contributed by atoms with Crippen molar-refractivity contribution >= 4 is 39.1 Å². The normalized spacial score (nSPS) is 22.4. The summed E-state index contributed by atoms with van der Waals surface area (Å²) in [7, 11) is -2.40. The van der Waals surface area contributed by atoms with Crippen LogP contribution in [0.1, 0.15) is 18.4 Å². The molecule has 7 nitrogen and oxygen atoms in total. The molecule has 2 bridgehead atoms. The Labute approximate surface area is 194 Å². The topological polar surface area (TPSA) is 81.0 Å². The van der Waals surface area contributed by atoms with Crippen molar-refractivity contribution in [3.05, 3.63) is 48.2 Å². The second kappa shape index (κ2) is 8.84. The van der Waals surface area contributed by atoms with E-state index in [0.29, 0.717) is 28.7 Å². The number of halogens is 1. The highest BCUT2D eigenvalue weighted by Gasteiger charge is 2.36. The molecule has 172 valence electrons. The van der Waals surface area contributed by atoms with Crippen LogP contribution >= 0.6 is 12.4 Å². The molecule has 32 heavy (non-hydrogen) atoms.